The topological polar surface area (TPSA) is 55.6 Å². The lowest BCUT2D eigenvalue weighted by atomic mass is 9.89. The molecule has 2 N–H and O–H groups in total. The van der Waals surface area contributed by atoms with Crippen LogP contribution in [0.2, 0.25) is 0 Å². The van der Waals surface area contributed by atoms with Gasteiger partial charge < -0.3 is 15.4 Å². The van der Waals surface area contributed by atoms with Crippen LogP contribution in [0, 0.1) is 0 Å². The lowest BCUT2D eigenvalue weighted by Gasteiger charge is -2.32. The Bertz CT molecular complexity index is 767. The summed E-state index contributed by atoms with van der Waals surface area (Å²) in [6, 6.07) is 17.5. The first kappa shape index (κ1) is 19.1. The average Bonchev–Trinajstić information content (AvgIpc) is 2.75. The molecule has 0 aromatic heterocycles. The van der Waals surface area contributed by atoms with Gasteiger partial charge in [-0.2, -0.15) is 0 Å². The molecule has 0 unspecified atom stereocenters. The number of benzene rings is 2. The van der Waals surface area contributed by atoms with E-state index in [0.29, 0.717) is 29.1 Å². The zero-order valence-electron chi connectivity index (χ0n) is 15.3. The Morgan fingerprint density at radius 2 is 1.78 bits per heavy atom. The molecule has 4 nitrogen and oxygen atoms in total. The van der Waals surface area contributed by atoms with Gasteiger partial charge in [0.15, 0.2) is 0 Å². The number of likely N-dealkylation sites (tertiary alicyclic amines) is 1. The van der Waals surface area contributed by atoms with E-state index < -0.39 is 0 Å². The summed E-state index contributed by atoms with van der Waals surface area (Å²) in [5.41, 5.74) is 7.78. The summed E-state index contributed by atoms with van der Waals surface area (Å²) < 4.78 is 18.0. The number of carbonyl (C=O) groups excluding carboxylic acids is 1. The van der Waals surface area contributed by atoms with Crippen LogP contribution >= 0.6 is 0 Å². The number of hydrogen-bond donors (Lipinski definition) is 1. The van der Waals surface area contributed by atoms with Gasteiger partial charge in [-0.1, -0.05) is 30.3 Å². The average molecular weight is 368 g/mol. The van der Waals surface area contributed by atoms with Crippen LogP contribution in [0.4, 0.5) is 4.39 Å². The number of hydrogen-bond acceptors (Lipinski definition) is 3. The highest BCUT2D eigenvalue weighted by Gasteiger charge is 2.24. The molecular formula is C22H25FN2O2. The molecule has 5 heteroatoms. The van der Waals surface area contributed by atoms with Crippen LogP contribution in [0.1, 0.15) is 34.7 Å². The summed E-state index contributed by atoms with van der Waals surface area (Å²) in [6.07, 6.45) is 2.43. The normalized spacial score (nSPS) is 15.6. The van der Waals surface area contributed by atoms with Gasteiger partial charge in [-0.3, -0.25) is 4.79 Å². The fraction of sp³-hybridized carbons (Fsp3) is 0.318. The highest BCUT2D eigenvalue weighted by atomic mass is 19.1. The van der Waals surface area contributed by atoms with E-state index in [1.165, 1.54) is 5.56 Å². The molecule has 2 aromatic rings. The fourth-order valence-electron chi connectivity index (χ4n) is 3.33. The van der Waals surface area contributed by atoms with Crippen molar-refractivity contribution in [2.24, 2.45) is 5.73 Å². The maximum Gasteiger partial charge on any atom is 0.253 e. The number of carbonyl (C=O) groups is 1. The standard InChI is InChI=1S/C22H25FN2O2/c23-14-17(15-24)16-27-21-8-6-20(7-9-21)22(26)25-12-10-19(11-13-25)18-4-2-1-3-5-18/h1-9,14,19H,10-13,15-16,24H2/b17-14-. The number of piperidine rings is 1. The number of rotatable bonds is 6. The molecule has 0 radical (unpaired) electrons. The van der Waals surface area contributed by atoms with Crippen molar-refractivity contribution < 1.29 is 13.9 Å². The molecule has 2 aromatic carbocycles. The zero-order chi connectivity index (χ0) is 19.1. The molecule has 0 saturated carbocycles. The second-order valence-electron chi connectivity index (χ2n) is 6.76. The van der Waals surface area contributed by atoms with E-state index in [-0.39, 0.29) is 19.1 Å². The van der Waals surface area contributed by atoms with Crippen LogP contribution in [0.25, 0.3) is 0 Å². The molecule has 1 heterocycles. The number of nitrogens with zero attached hydrogens (tertiary/aromatic N) is 1. The molecule has 1 aliphatic heterocycles. The Labute approximate surface area is 159 Å². The van der Waals surface area contributed by atoms with Gasteiger partial charge in [-0.25, -0.2) is 4.39 Å². The highest BCUT2D eigenvalue weighted by Crippen LogP contribution is 2.28. The van der Waals surface area contributed by atoms with Crippen molar-refractivity contribution in [3.63, 3.8) is 0 Å². The predicted molar refractivity (Wildman–Crippen MR) is 105 cm³/mol. The molecule has 0 aliphatic carbocycles. The van der Waals surface area contributed by atoms with Crippen molar-refractivity contribution in [3.05, 3.63) is 77.6 Å². The third-order valence-electron chi connectivity index (χ3n) is 5.00. The van der Waals surface area contributed by atoms with E-state index in [9.17, 15) is 9.18 Å². The first-order chi connectivity index (χ1) is 13.2. The second-order valence-corrected chi connectivity index (χ2v) is 6.76. The summed E-state index contributed by atoms with van der Waals surface area (Å²) in [7, 11) is 0. The summed E-state index contributed by atoms with van der Waals surface area (Å²) in [5.74, 6) is 1.15. The third-order valence-corrected chi connectivity index (χ3v) is 5.00. The smallest absolute Gasteiger partial charge is 0.253 e. The van der Waals surface area contributed by atoms with Gasteiger partial charge in [0.1, 0.15) is 12.4 Å². The molecule has 1 fully saturated rings. The SMILES string of the molecule is NC/C(=C/F)COc1ccc(C(=O)N2CCC(c3ccccc3)CC2)cc1. The molecule has 27 heavy (non-hydrogen) atoms. The monoisotopic (exact) mass is 368 g/mol. The highest BCUT2D eigenvalue weighted by molar-refractivity contribution is 5.94. The van der Waals surface area contributed by atoms with E-state index in [2.05, 4.69) is 24.3 Å². The van der Waals surface area contributed by atoms with E-state index in [4.69, 9.17) is 10.5 Å². The Balaban J connectivity index is 1.54. The lowest BCUT2D eigenvalue weighted by Crippen LogP contribution is -2.37. The summed E-state index contributed by atoms with van der Waals surface area (Å²) in [5, 5.41) is 0. The molecule has 1 saturated heterocycles. The number of halogens is 1. The Morgan fingerprint density at radius 3 is 2.37 bits per heavy atom. The van der Waals surface area contributed by atoms with Crippen LogP contribution in [-0.2, 0) is 0 Å². The molecule has 142 valence electrons. The minimum Gasteiger partial charge on any atom is -0.489 e. The minimum absolute atomic E-state index is 0.0411. The van der Waals surface area contributed by atoms with Gasteiger partial charge >= 0.3 is 0 Å². The minimum atomic E-state index is 0.0411. The molecular weight excluding hydrogens is 343 g/mol. The van der Waals surface area contributed by atoms with Crippen molar-refractivity contribution in [1.82, 2.24) is 4.90 Å². The van der Waals surface area contributed by atoms with E-state index in [1.807, 2.05) is 11.0 Å². The summed E-state index contributed by atoms with van der Waals surface area (Å²) >= 11 is 0. The van der Waals surface area contributed by atoms with E-state index >= 15 is 0 Å². The number of ether oxygens (including phenoxy) is 1. The first-order valence-electron chi connectivity index (χ1n) is 9.26. The molecule has 1 amide bonds. The van der Waals surface area contributed by atoms with Crippen molar-refractivity contribution in [1.29, 1.82) is 0 Å². The second kappa shape index (κ2) is 9.33. The molecule has 0 atom stereocenters. The van der Waals surface area contributed by atoms with Gasteiger partial charge in [0.25, 0.3) is 5.91 Å². The first-order valence-corrected chi connectivity index (χ1v) is 9.26. The van der Waals surface area contributed by atoms with Gasteiger partial charge in [-0.05, 0) is 48.6 Å². The number of nitrogens with two attached hydrogens (primary N) is 1. The van der Waals surface area contributed by atoms with Gasteiger partial charge in [0.2, 0.25) is 0 Å². The van der Waals surface area contributed by atoms with Crippen LogP contribution in [-0.4, -0.2) is 37.0 Å². The zero-order valence-corrected chi connectivity index (χ0v) is 15.3. The van der Waals surface area contributed by atoms with Gasteiger partial charge in [0.05, 0.1) is 6.33 Å². The van der Waals surface area contributed by atoms with E-state index in [0.717, 1.165) is 25.9 Å². The Morgan fingerprint density at radius 1 is 1.11 bits per heavy atom. The number of amides is 1. The predicted octanol–water partition coefficient (Wildman–Crippen LogP) is 3.90. The maximum atomic E-state index is 12.7. The Hall–Kier alpha value is -2.66. The van der Waals surface area contributed by atoms with Crippen LogP contribution in [0.15, 0.2) is 66.5 Å². The van der Waals surface area contributed by atoms with Crippen LogP contribution < -0.4 is 10.5 Å². The third kappa shape index (κ3) is 4.95. The molecule has 0 spiro atoms. The quantitative estimate of drug-likeness (QED) is 0.841. The summed E-state index contributed by atoms with van der Waals surface area (Å²) in [4.78, 5) is 14.6. The van der Waals surface area contributed by atoms with Crippen LogP contribution in [0.5, 0.6) is 5.75 Å². The summed E-state index contributed by atoms with van der Waals surface area (Å²) in [6.45, 7) is 1.74. The lowest BCUT2D eigenvalue weighted by molar-refractivity contribution is 0.0713. The fourth-order valence-corrected chi connectivity index (χ4v) is 3.33. The maximum absolute atomic E-state index is 12.7. The van der Waals surface area contributed by atoms with Gasteiger partial charge in [0, 0.05) is 30.8 Å². The molecule has 3 rings (SSSR count). The van der Waals surface area contributed by atoms with Crippen molar-refractivity contribution in [3.8, 4) is 5.75 Å². The van der Waals surface area contributed by atoms with Crippen molar-refractivity contribution in [2.45, 2.75) is 18.8 Å². The Kier molecular flexibility index (Phi) is 6.60. The largest absolute Gasteiger partial charge is 0.489 e. The molecule has 1 aliphatic rings. The van der Waals surface area contributed by atoms with Gasteiger partial charge in [-0.15, -0.1) is 0 Å². The van der Waals surface area contributed by atoms with E-state index in [1.54, 1.807) is 24.3 Å². The molecule has 0 bridgehead atoms. The van der Waals surface area contributed by atoms with Crippen molar-refractivity contribution >= 4 is 5.91 Å². The van der Waals surface area contributed by atoms with Crippen LogP contribution in [0.3, 0.4) is 0 Å². The van der Waals surface area contributed by atoms with Crippen molar-refractivity contribution in [2.75, 3.05) is 26.2 Å².